The summed E-state index contributed by atoms with van der Waals surface area (Å²) < 4.78 is 28.0. The van der Waals surface area contributed by atoms with Crippen LogP contribution in [-0.4, -0.2) is 110 Å². The van der Waals surface area contributed by atoms with E-state index in [0.29, 0.717) is 0 Å². The summed E-state index contributed by atoms with van der Waals surface area (Å²) in [7, 11) is 0. The van der Waals surface area contributed by atoms with Gasteiger partial charge in [-0.25, -0.2) is 4.39 Å². The van der Waals surface area contributed by atoms with Gasteiger partial charge in [-0.1, -0.05) is 0 Å². The molecule has 7 N–H and O–H groups in total. The molecule has 0 spiro atoms. The summed E-state index contributed by atoms with van der Waals surface area (Å²) in [6, 6.07) is 0. The van der Waals surface area contributed by atoms with Gasteiger partial charge in [0.1, 0.15) is 56.0 Å². The average molecular weight is 344 g/mol. The zero-order chi connectivity index (χ0) is 17.4. The normalized spacial score (nSPS) is 51.1. The Morgan fingerprint density at radius 2 is 1.57 bits per heavy atom. The van der Waals surface area contributed by atoms with Crippen LogP contribution < -0.4 is 0 Å². The van der Waals surface area contributed by atoms with Crippen molar-refractivity contribution < 1.29 is 54.3 Å². The molecule has 2 fully saturated rings. The zero-order valence-corrected chi connectivity index (χ0v) is 12.0. The fraction of sp³-hybridized carbons (Fsp3) is 1.00. The van der Waals surface area contributed by atoms with Gasteiger partial charge in [-0.15, -0.1) is 0 Å². The molecule has 2 saturated heterocycles. The minimum atomic E-state index is -2.26. The van der Waals surface area contributed by atoms with Crippen LogP contribution >= 0.6 is 0 Å². The highest BCUT2D eigenvalue weighted by Gasteiger charge is 2.58. The molecule has 9 atom stereocenters. The van der Waals surface area contributed by atoms with Crippen LogP contribution in [0.4, 0.5) is 4.39 Å². The molecule has 2 heterocycles. The van der Waals surface area contributed by atoms with Gasteiger partial charge >= 0.3 is 0 Å². The highest BCUT2D eigenvalue weighted by molar-refractivity contribution is 4.98. The number of halogens is 1. The first-order valence-electron chi connectivity index (χ1n) is 7.00. The largest absolute Gasteiger partial charge is 0.394 e. The second-order valence-corrected chi connectivity index (χ2v) is 5.53. The minimum Gasteiger partial charge on any atom is -0.394 e. The first-order chi connectivity index (χ1) is 10.8. The van der Waals surface area contributed by atoms with E-state index in [1.54, 1.807) is 0 Å². The van der Waals surface area contributed by atoms with Crippen molar-refractivity contribution in [2.75, 3.05) is 19.9 Å². The highest BCUT2D eigenvalue weighted by Crippen LogP contribution is 2.35. The number of hydrogen-bond donors (Lipinski definition) is 7. The molecule has 0 aromatic carbocycles. The molecule has 0 bridgehead atoms. The Balaban J connectivity index is 2.18. The van der Waals surface area contributed by atoms with Crippen molar-refractivity contribution in [3.8, 4) is 0 Å². The highest BCUT2D eigenvalue weighted by atomic mass is 19.1. The van der Waals surface area contributed by atoms with E-state index in [0.717, 1.165) is 0 Å². The van der Waals surface area contributed by atoms with Gasteiger partial charge in [-0.05, 0) is 0 Å². The predicted octanol–water partition coefficient (Wildman–Crippen LogP) is -4.42. The van der Waals surface area contributed by atoms with Gasteiger partial charge in [-0.3, -0.25) is 0 Å². The topological polar surface area (TPSA) is 169 Å². The average Bonchev–Trinajstić information content (AvgIpc) is 2.80. The number of aliphatic hydroxyl groups excluding tert-OH is 7. The Bertz CT molecular complexity index is 398. The van der Waals surface area contributed by atoms with Crippen molar-refractivity contribution in [1.82, 2.24) is 0 Å². The monoisotopic (exact) mass is 344 g/mol. The molecule has 0 aromatic heterocycles. The third-order valence-corrected chi connectivity index (χ3v) is 4.04. The molecule has 0 aromatic rings. The van der Waals surface area contributed by atoms with Gasteiger partial charge in [0.05, 0.1) is 6.61 Å². The number of ether oxygens (including phenoxy) is 3. The first kappa shape index (κ1) is 18.9. The van der Waals surface area contributed by atoms with Gasteiger partial charge in [0.15, 0.2) is 6.29 Å². The molecular weight excluding hydrogens is 323 g/mol. The van der Waals surface area contributed by atoms with E-state index < -0.39 is 74.7 Å². The van der Waals surface area contributed by atoms with Crippen LogP contribution in [0.1, 0.15) is 0 Å². The van der Waals surface area contributed by atoms with Crippen molar-refractivity contribution in [3.05, 3.63) is 0 Å². The number of alkyl halides is 1. The SMILES string of the molecule is OC[C@H]1O[C@@](CO)(O[C@H]2O[C@H](CF)[C@@H](O)[C@H](O)[C@H]2O)[C@@H](O)[C@@H]1O. The maximum atomic E-state index is 12.8. The second-order valence-electron chi connectivity index (χ2n) is 5.53. The van der Waals surface area contributed by atoms with Crippen molar-refractivity contribution in [2.24, 2.45) is 0 Å². The molecule has 136 valence electrons. The lowest BCUT2D eigenvalue weighted by Crippen LogP contribution is -2.62. The van der Waals surface area contributed by atoms with Crippen LogP contribution in [0.15, 0.2) is 0 Å². The van der Waals surface area contributed by atoms with Crippen LogP contribution in [0.5, 0.6) is 0 Å². The van der Waals surface area contributed by atoms with Crippen LogP contribution in [0.3, 0.4) is 0 Å². The van der Waals surface area contributed by atoms with Gasteiger partial charge in [0.25, 0.3) is 0 Å². The van der Waals surface area contributed by atoms with Crippen LogP contribution in [0, 0.1) is 0 Å². The maximum absolute atomic E-state index is 12.8. The molecule has 0 amide bonds. The fourth-order valence-corrected chi connectivity index (χ4v) is 2.61. The summed E-state index contributed by atoms with van der Waals surface area (Å²) in [5.74, 6) is -2.26. The molecule has 0 unspecified atom stereocenters. The molecule has 10 nitrogen and oxygen atoms in total. The van der Waals surface area contributed by atoms with E-state index in [-0.39, 0.29) is 0 Å². The van der Waals surface area contributed by atoms with E-state index in [4.69, 9.17) is 19.3 Å². The Labute approximate surface area is 130 Å². The van der Waals surface area contributed by atoms with Gasteiger partial charge in [0, 0.05) is 0 Å². The molecule has 0 saturated carbocycles. The number of hydrogen-bond acceptors (Lipinski definition) is 10. The molecule has 2 rings (SSSR count). The summed E-state index contributed by atoms with van der Waals surface area (Å²) in [6.45, 7) is -2.87. The molecule has 0 aliphatic carbocycles. The van der Waals surface area contributed by atoms with E-state index in [1.165, 1.54) is 0 Å². The van der Waals surface area contributed by atoms with Crippen LogP contribution in [0.25, 0.3) is 0 Å². The standard InChI is InChI=1S/C12H21FO10/c13-1-4-6(16)8(18)9(19)11(21-4)23-12(3-15)10(20)7(17)5(2-14)22-12/h4-11,14-20H,1-3H2/t4-,5-,6-,7-,8+,9-,10+,11-,12+/m1/s1. The maximum Gasteiger partial charge on any atom is 0.224 e. The number of rotatable bonds is 5. The molecule has 2 aliphatic rings. The molecule has 11 heteroatoms. The third kappa shape index (κ3) is 3.22. The van der Waals surface area contributed by atoms with Crippen molar-refractivity contribution >= 4 is 0 Å². The lowest BCUT2D eigenvalue weighted by molar-refractivity contribution is -0.382. The Morgan fingerprint density at radius 3 is 2.04 bits per heavy atom. The van der Waals surface area contributed by atoms with E-state index in [9.17, 15) is 35.0 Å². The molecule has 2 aliphatic heterocycles. The van der Waals surface area contributed by atoms with Crippen LogP contribution in [0.2, 0.25) is 0 Å². The summed E-state index contributed by atoms with van der Waals surface area (Å²) in [5, 5.41) is 67.3. The smallest absolute Gasteiger partial charge is 0.224 e. The molecule has 0 radical (unpaired) electrons. The fourth-order valence-electron chi connectivity index (χ4n) is 2.61. The van der Waals surface area contributed by atoms with Crippen molar-refractivity contribution in [1.29, 1.82) is 0 Å². The Hall–Kier alpha value is -0.470. The Morgan fingerprint density at radius 1 is 0.913 bits per heavy atom. The predicted molar refractivity (Wildman–Crippen MR) is 67.5 cm³/mol. The van der Waals surface area contributed by atoms with Crippen LogP contribution in [-0.2, 0) is 14.2 Å². The van der Waals surface area contributed by atoms with Gasteiger partial charge in [-0.2, -0.15) is 0 Å². The van der Waals surface area contributed by atoms with E-state index in [1.807, 2.05) is 0 Å². The lowest BCUT2D eigenvalue weighted by Gasteiger charge is -2.43. The molecule has 23 heavy (non-hydrogen) atoms. The van der Waals surface area contributed by atoms with E-state index >= 15 is 0 Å². The first-order valence-corrected chi connectivity index (χ1v) is 7.00. The van der Waals surface area contributed by atoms with Gasteiger partial charge < -0.3 is 50.0 Å². The zero-order valence-electron chi connectivity index (χ0n) is 12.0. The summed E-state index contributed by atoms with van der Waals surface area (Å²) in [5.41, 5.74) is 0. The summed E-state index contributed by atoms with van der Waals surface area (Å²) >= 11 is 0. The lowest BCUT2D eigenvalue weighted by atomic mass is 9.99. The van der Waals surface area contributed by atoms with Crippen molar-refractivity contribution in [3.63, 3.8) is 0 Å². The number of aliphatic hydroxyl groups is 7. The minimum absolute atomic E-state index is 0.689. The second kappa shape index (κ2) is 7.19. The molecular formula is C12H21FO10. The third-order valence-electron chi connectivity index (χ3n) is 4.04. The summed E-state index contributed by atoms with van der Waals surface area (Å²) in [6.07, 6.45) is -13.3. The van der Waals surface area contributed by atoms with E-state index in [2.05, 4.69) is 0 Å². The quantitative estimate of drug-likeness (QED) is 0.258. The van der Waals surface area contributed by atoms with Crippen molar-refractivity contribution in [2.45, 2.75) is 54.8 Å². The summed E-state index contributed by atoms with van der Waals surface area (Å²) in [4.78, 5) is 0. The van der Waals surface area contributed by atoms with Gasteiger partial charge in [0.2, 0.25) is 5.79 Å². The Kier molecular flexibility index (Phi) is 5.90.